The van der Waals surface area contributed by atoms with Crippen LogP contribution < -0.4 is 10.1 Å². The predicted octanol–water partition coefficient (Wildman–Crippen LogP) is 3.27. The van der Waals surface area contributed by atoms with Crippen molar-refractivity contribution < 1.29 is 18.3 Å². The highest BCUT2D eigenvalue weighted by atomic mass is 19.1. The molecule has 136 valence electrons. The molecule has 0 aliphatic heterocycles. The highest BCUT2D eigenvalue weighted by Crippen LogP contribution is 2.19. The number of carbonyl (C=O) groups is 1. The standard InChI is InChI=1S/C18H23F2N3O2/c1-5-8-23-12(3)15(11(2)22-23)10-21-18(24)13(4)25-17-7-6-14(19)9-16(17)20/h6-7,9,13H,5,8,10H2,1-4H3,(H,21,24)/t13-/m1/s1. The molecule has 25 heavy (non-hydrogen) atoms. The Morgan fingerprint density at radius 3 is 2.72 bits per heavy atom. The summed E-state index contributed by atoms with van der Waals surface area (Å²) >= 11 is 0. The third-order valence-electron chi connectivity index (χ3n) is 3.97. The van der Waals surface area contributed by atoms with E-state index in [1.165, 1.54) is 6.92 Å². The van der Waals surface area contributed by atoms with Gasteiger partial charge in [-0.2, -0.15) is 5.10 Å². The molecule has 1 N–H and O–H groups in total. The van der Waals surface area contributed by atoms with Gasteiger partial charge in [-0.25, -0.2) is 8.78 Å². The van der Waals surface area contributed by atoms with Gasteiger partial charge in [-0.05, 0) is 39.3 Å². The Hall–Kier alpha value is -2.44. The van der Waals surface area contributed by atoms with E-state index in [4.69, 9.17) is 4.74 Å². The quantitative estimate of drug-likeness (QED) is 0.833. The fourth-order valence-electron chi connectivity index (χ4n) is 2.55. The van der Waals surface area contributed by atoms with E-state index in [0.717, 1.165) is 48.1 Å². The zero-order valence-corrected chi connectivity index (χ0v) is 14.9. The van der Waals surface area contributed by atoms with Crippen LogP contribution in [0.15, 0.2) is 18.2 Å². The van der Waals surface area contributed by atoms with Crippen LogP contribution in [0.25, 0.3) is 0 Å². The lowest BCUT2D eigenvalue weighted by Gasteiger charge is -2.15. The summed E-state index contributed by atoms with van der Waals surface area (Å²) in [5, 5.41) is 7.23. The summed E-state index contributed by atoms with van der Waals surface area (Å²) in [5.41, 5.74) is 2.84. The number of benzene rings is 1. The lowest BCUT2D eigenvalue weighted by Crippen LogP contribution is -2.36. The molecule has 0 saturated carbocycles. The van der Waals surface area contributed by atoms with Gasteiger partial charge in [0.1, 0.15) is 5.82 Å². The summed E-state index contributed by atoms with van der Waals surface area (Å²) in [4.78, 5) is 12.2. The molecular formula is C18H23F2N3O2. The number of halogens is 2. The van der Waals surface area contributed by atoms with Gasteiger partial charge in [0.05, 0.1) is 5.69 Å². The predicted molar refractivity (Wildman–Crippen MR) is 90.3 cm³/mol. The van der Waals surface area contributed by atoms with E-state index in [1.807, 2.05) is 18.5 Å². The van der Waals surface area contributed by atoms with E-state index in [9.17, 15) is 13.6 Å². The fraction of sp³-hybridized carbons (Fsp3) is 0.444. The van der Waals surface area contributed by atoms with Crippen molar-refractivity contribution in [2.45, 2.75) is 53.3 Å². The summed E-state index contributed by atoms with van der Waals surface area (Å²) in [6, 6.07) is 2.96. The Kier molecular flexibility index (Phi) is 6.12. The molecule has 0 spiro atoms. The number of nitrogens with one attached hydrogen (secondary N) is 1. The van der Waals surface area contributed by atoms with Crippen molar-refractivity contribution in [1.82, 2.24) is 15.1 Å². The monoisotopic (exact) mass is 351 g/mol. The first-order valence-electron chi connectivity index (χ1n) is 8.25. The van der Waals surface area contributed by atoms with Crippen molar-refractivity contribution in [1.29, 1.82) is 0 Å². The van der Waals surface area contributed by atoms with Crippen molar-refractivity contribution in [3.05, 3.63) is 46.8 Å². The molecule has 0 saturated heterocycles. The molecule has 0 aliphatic rings. The van der Waals surface area contributed by atoms with Gasteiger partial charge in [0.15, 0.2) is 17.7 Å². The normalized spacial score (nSPS) is 12.1. The number of nitrogens with zero attached hydrogens (tertiary/aromatic N) is 2. The number of aromatic nitrogens is 2. The fourth-order valence-corrected chi connectivity index (χ4v) is 2.55. The molecule has 0 aliphatic carbocycles. The molecule has 0 fully saturated rings. The Morgan fingerprint density at radius 2 is 2.08 bits per heavy atom. The molecular weight excluding hydrogens is 328 g/mol. The van der Waals surface area contributed by atoms with Crippen LogP contribution in [0, 0.1) is 25.5 Å². The largest absolute Gasteiger partial charge is 0.478 e. The van der Waals surface area contributed by atoms with E-state index in [2.05, 4.69) is 17.3 Å². The molecule has 0 radical (unpaired) electrons. The molecule has 1 atom stereocenters. The molecule has 2 rings (SSSR count). The van der Waals surface area contributed by atoms with Crippen LogP contribution in [0.4, 0.5) is 8.78 Å². The lowest BCUT2D eigenvalue weighted by molar-refractivity contribution is -0.127. The molecule has 0 unspecified atom stereocenters. The second-order valence-electron chi connectivity index (χ2n) is 5.93. The second kappa shape index (κ2) is 8.09. The van der Waals surface area contributed by atoms with Gasteiger partial charge in [-0.1, -0.05) is 6.92 Å². The van der Waals surface area contributed by atoms with Gasteiger partial charge in [-0.3, -0.25) is 9.48 Å². The first-order chi connectivity index (χ1) is 11.8. The zero-order valence-electron chi connectivity index (χ0n) is 14.9. The van der Waals surface area contributed by atoms with Crippen molar-refractivity contribution in [2.75, 3.05) is 0 Å². The number of carbonyl (C=O) groups excluding carboxylic acids is 1. The van der Waals surface area contributed by atoms with E-state index >= 15 is 0 Å². The summed E-state index contributed by atoms with van der Waals surface area (Å²) in [6.45, 7) is 8.59. The second-order valence-corrected chi connectivity index (χ2v) is 5.93. The lowest BCUT2D eigenvalue weighted by atomic mass is 10.2. The minimum atomic E-state index is -0.911. The average molecular weight is 351 g/mol. The van der Waals surface area contributed by atoms with Gasteiger partial charge in [0, 0.05) is 30.4 Å². The third kappa shape index (κ3) is 4.55. The maximum absolute atomic E-state index is 13.6. The molecule has 7 heteroatoms. The van der Waals surface area contributed by atoms with Gasteiger partial charge >= 0.3 is 0 Å². The highest BCUT2D eigenvalue weighted by molar-refractivity contribution is 5.80. The summed E-state index contributed by atoms with van der Waals surface area (Å²) in [6.07, 6.45) is 0.0632. The SMILES string of the molecule is CCCn1nc(C)c(CNC(=O)[C@@H](C)Oc2ccc(F)cc2F)c1C. The number of hydrogen-bond acceptors (Lipinski definition) is 3. The Morgan fingerprint density at radius 1 is 1.36 bits per heavy atom. The van der Waals surface area contributed by atoms with Crippen LogP contribution in [0.3, 0.4) is 0 Å². The van der Waals surface area contributed by atoms with Crippen molar-refractivity contribution in [2.24, 2.45) is 0 Å². The van der Waals surface area contributed by atoms with E-state index in [1.54, 1.807) is 0 Å². The zero-order chi connectivity index (χ0) is 18.6. The van der Waals surface area contributed by atoms with Crippen LogP contribution >= 0.6 is 0 Å². The number of rotatable bonds is 7. The smallest absolute Gasteiger partial charge is 0.261 e. The van der Waals surface area contributed by atoms with E-state index in [-0.39, 0.29) is 11.7 Å². The Bertz CT molecular complexity index is 759. The third-order valence-corrected chi connectivity index (χ3v) is 3.97. The topological polar surface area (TPSA) is 56.2 Å². The van der Waals surface area contributed by atoms with Crippen molar-refractivity contribution in [3.63, 3.8) is 0 Å². The van der Waals surface area contributed by atoms with Gasteiger partial charge < -0.3 is 10.1 Å². The molecule has 1 amide bonds. The van der Waals surface area contributed by atoms with Crippen LogP contribution in [0.5, 0.6) is 5.75 Å². The summed E-state index contributed by atoms with van der Waals surface area (Å²) in [5.74, 6) is -2.08. The van der Waals surface area contributed by atoms with Crippen LogP contribution in [-0.2, 0) is 17.9 Å². The Balaban J connectivity index is 1.98. The van der Waals surface area contributed by atoms with Gasteiger partial charge in [0.2, 0.25) is 0 Å². The minimum Gasteiger partial charge on any atom is -0.478 e. The van der Waals surface area contributed by atoms with Gasteiger partial charge in [-0.15, -0.1) is 0 Å². The number of hydrogen-bond donors (Lipinski definition) is 1. The molecule has 1 aromatic heterocycles. The maximum Gasteiger partial charge on any atom is 0.261 e. The van der Waals surface area contributed by atoms with E-state index in [0.29, 0.717) is 6.54 Å². The first-order valence-corrected chi connectivity index (χ1v) is 8.25. The van der Waals surface area contributed by atoms with Crippen molar-refractivity contribution in [3.8, 4) is 5.75 Å². The first kappa shape index (κ1) is 18.9. The number of amides is 1. The molecule has 1 aromatic carbocycles. The highest BCUT2D eigenvalue weighted by Gasteiger charge is 2.18. The molecule has 5 nitrogen and oxygen atoms in total. The van der Waals surface area contributed by atoms with Crippen LogP contribution in [-0.4, -0.2) is 21.8 Å². The maximum atomic E-state index is 13.6. The minimum absolute atomic E-state index is 0.160. The molecule has 2 aromatic rings. The molecule has 1 heterocycles. The van der Waals surface area contributed by atoms with Crippen LogP contribution in [0.2, 0.25) is 0 Å². The van der Waals surface area contributed by atoms with Crippen LogP contribution in [0.1, 0.15) is 37.2 Å². The number of aryl methyl sites for hydroxylation is 2. The summed E-state index contributed by atoms with van der Waals surface area (Å²) < 4.78 is 33.7. The Labute approximate surface area is 146 Å². The molecule has 0 bridgehead atoms. The van der Waals surface area contributed by atoms with Gasteiger partial charge in [0.25, 0.3) is 5.91 Å². The van der Waals surface area contributed by atoms with Crippen molar-refractivity contribution >= 4 is 5.91 Å². The average Bonchev–Trinajstić information content (AvgIpc) is 2.82. The van der Waals surface area contributed by atoms with E-state index < -0.39 is 17.7 Å². The summed E-state index contributed by atoms with van der Waals surface area (Å²) in [7, 11) is 0. The number of ether oxygens (including phenoxy) is 1.